The number of hydrogen-bond acceptors (Lipinski definition) is 7. The van der Waals surface area contributed by atoms with Gasteiger partial charge >= 0.3 is 5.63 Å². The van der Waals surface area contributed by atoms with E-state index in [0.29, 0.717) is 46.1 Å². The summed E-state index contributed by atoms with van der Waals surface area (Å²) in [5.41, 5.74) is 0.0918. The third kappa shape index (κ3) is 4.00. The van der Waals surface area contributed by atoms with E-state index in [1.807, 2.05) is 6.92 Å². The fraction of sp³-hybridized carbons (Fsp3) is 0.217. The van der Waals surface area contributed by atoms with Gasteiger partial charge in [0.05, 0.1) is 27.9 Å². The van der Waals surface area contributed by atoms with Crippen molar-refractivity contribution in [3.8, 4) is 23.0 Å². The molecule has 0 atom stereocenters. The molecule has 0 aliphatic rings. The molecule has 0 amide bonds. The van der Waals surface area contributed by atoms with Gasteiger partial charge in [-0.3, -0.25) is 4.79 Å². The number of carbonyl (C=O) groups is 1. The Hall–Kier alpha value is -3.74. The van der Waals surface area contributed by atoms with Gasteiger partial charge in [0.1, 0.15) is 5.56 Å². The Morgan fingerprint density at radius 2 is 1.77 bits per heavy atom. The third-order valence-corrected chi connectivity index (χ3v) is 4.44. The zero-order valence-corrected chi connectivity index (χ0v) is 17.2. The summed E-state index contributed by atoms with van der Waals surface area (Å²) in [6.07, 6.45) is 2.83. The normalized spacial score (nSPS) is 10.9. The lowest BCUT2D eigenvalue weighted by Gasteiger charge is -2.13. The van der Waals surface area contributed by atoms with Crippen LogP contribution in [0.4, 0.5) is 0 Å². The SMILES string of the molecule is CCOc1cccc2cc(C(=O)/C=C/c3ccc(OC)c(OC)c3OC)c(=O)oc12. The monoisotopic (exact) mass is 410 g/mol. The van der Waals surface area contributed by atoms with Gasteiger partial charge in [-0.1, -0.05) is 12.1 Å². The fourth-order valence-corrected chi connectivity index (χ4v) is 3.07. The van der Waals surface area contributed by atoms with Gasteiger partial charge in [0.15, 0.2) is 28.6 Å². The predicted octanol–water partition coefficient (Wildman–Crippen LogP) is 4.11. The highest BCUT2D eigenvalue weighted by molar-refractivity contribution is 6.08. The Balaban J connectivity index is 1.98. The van der Waals surface area contributed by atoms with Crippen LogP contribution in [0, 0.1) is 0 Å². The van der Waals surface area contributed by atoms with Crippen molar-refractivity contribution in [1.29, 1.82) is 0 Å². The molecule has 0 aliphatic carbocycles. The van der Waals surface area contributed by atoms with Crippen molar-refractivity contribution in [3.05, 3.63) is 64.0 Å². The smallest absolute Gasteiger partial charge is 0.347 e. The molecule has 2 aromatic carbocycles. The standard InChI is InChI=1S/C23H22O7/c1-5-29-19-8-6-7-15-13-16(23(25)30-20(15)19)17(24)11-9-14-10-12-18(26-2)22(28-4)21(14)27-3/h6-13H,5H2,1-4H3/b11-9+. The molecule has 1 aromatic heterocycles. The number of ether oxygens (including phenoxy) is 4. The van der Waals surface area contributed by atoms with E-state index >= 15 is 0 Å². The molecule has 3 aromatic rings. The van der Waals surface area contributed by atoms with E-state index in [0.717, 1.165) is 0 Å². The first-order valence-corrected chi connectivity index (χ1v) is 9.25. The fourth-order valence-electron chi connectivity index (χ4n) is 3.07. The molecule has 0 N–H and O–H groups in total. The molecule has 0 fully saturated rings. The molecule has 0 unspecified atom stereocenters. The summed E-state index contributed by atoms with van der Waals surface area (Å²) in [7, 11) is 4.51. The second-order valence-corrected chi connectivity index (χ2v) is 6.18. The van der Waals surface area contributed by atoms with E-state index in [9.17, 15) is 9.59 Å². The first-order valence-electron chi connectivity index (χ1n) is 9.25. The number of methoxy groups -OCH3 is 3. The van der Waals surface area contributed by atoms with Crippen LogP contribution in [0.1, 0.15) is 22.8 Å². The van der Waals surface area contributed by atoms with Crippen molar-refractivity contribution in [2.45, 2.75) is 6.92 Å². The van der Waals surface area contributed by atoms with Crippen LogP contribution < -0.4 is 24.6 Å². The zero-order valence-electron chi connectivity index (χ0n) is 17.2. The Morgan fingerprint density at radius 1 is 1.00 bits per heavy atom. The van der Waals surface area contributed by atoms with Crippen LogP contribution in [0.25, 0.3) is 17.0 Å². The molecular weight excluding hydrogens is 388 g/mol. The molecule has 3 rings (SSSR count). The summed E-state index contributed by atoms with van der Waals surface area (Å²) in [6, 6.07) is 10.2. The number of rotatable bonds is 8. The minimum Gasteiger partial charge on any atom is -0.493 e. The van der Waals surface area contributed by atoms with Gasteiger partial charge in [0.25, 0.3) is 0 Å². The molecule has 0 aliphatic heterocycles. The third-order valence-electron chi connectivity index (χ3n) is 4.44. The minimum atomic E-state index is -0.733. The van der Waals surface area contributed by atoms with Crippen LogP contribution in [0.5, 0.6) is 23.0 Å². The number of hydrogen-bond donors (Lipinski definition) is 0. The van der Waals surface area contributed by atoms with E-state index < -0.39 is 11.4 Å². The molecule has 7 nitrogen and oxygen atoms in total. The molecule has 1 heterocycles. The average molecular weight is 410 g/mol. The quantitative estimate of drug-likeness (QED) is 0.314. The van der Waals surface area contributed by atoms with E-state index in [1.165, 1.54) is 33.5 Å². The minimum absolute atomic E-state index is 0.0770. The molecule has 0 radical (unpaired) electrons. The van der Waals surface area contributed by atoms with Crippen molar-refractivity contribution in [1.82, 2.24) is 0 Å². The number of benzene rings is 2. The van der Waals surface area contributed by atoms with Crippen LogP contribution in [-0.4, -0.2) is 33.7 Å². The van der Waals surface area contributed by atoms with Gasteiger partial charge in [-0.05, 0) is 43.3 Å². The van der Waals surface area contributed by atoms with Gasteiger partial charge in [0, 0.05) is 10.9 Å². The van der Waals surface area contributed by atoms with Gasteiger partial charge in [-0.25, -0.2) is 4.79 Å². The lowest BCUT2D eigenvalue weighted by Crippen LogP contribution is -2.12. The van der Waals surface area contributed by atoms with Crippen molar-refractivity contribution >= 4 is 22.8 Å². The molecule has 0 saturated heterocycles. The van der Waals surface area contributed by atoms with Gasteiger partial charge in [-0.2, -0.15) is 0 Å². The largest absolute Gasteiger partial charge is 0.493 e. The summed E-state index contributed by atoms with van der Waals surface area (Å²) in [4.78, 5) is 25.1. The number of fused-ring (bicyclic) bond motifs is 1. The van der Waals surface area contributed by atoms with Crippen LogP contribution in [0.3, 0.4) is 0 Å². The summed E-state index contributed by atoms with van der Waals surface area (Å²) in [5, 5.41) is 0.598. The maximum absolute atomic E-state index is 12.7. The Kier molecular flexibility index (Phi) is 6.41. The van der Waals surface area contributed by atoms with E-state index in [4.69, 9.17) is 23.4 Å². The predicted molar refractivity (Wildman–Crippen MR) is 113 cm³/mol. The Labute approximate surface area is 173 Å². The second kappa shape index (κ2) is 9.17. The summed E-state index contributed by atoms with van der Waals surface area (Å²) < 4.78 is 26.8. The van der Waals surface area contributed by atoms with E-state index in [-0.39, 0.29) is 5.56 Å². The van der Waals surface area contributed by atoms with E-state index in [1.54, 1.807) is 36.4 Å². The molecular formula is C23H22O7. The van der Waals surface area contributed by atoms with Crippen molar-refractivity contribution in [2.75, 3.05) is 27.9 Å². The summed E-state index contributed by atoms with van der Waals surface area (Å²) in [6.45, 7) is 2.27. The zero-order chi connectivity index (χ0) is 21.7. The van der Waals surface area contributed by atoms with Crippen molar-refractivity contribution < 1.29 is 28.2 Å². The van der Waals surface area contributed by atoms with E-state index in [2.05, 4.69) is 0 Å². The summed E-state index contributed by atoms with van der Waals surface area (Å²) in [5.74, 6) is 1.27. The molecule has 156 valence electrons. The van der Waals surface area contributed by atoms with Gasteiger partial charge < -0.3 is 23.4 Å². The first-order chi connectivity index (χ1) is 14.5. The Bertz CT molecular complexity index is 1160. The number of ketones is 1. The van der Waals surface area contributed by atoms with Crippen molar-refractivity contribution in [3.63, 3.8) is 0 Å². The van der Waals surface area contributed by atoms with Crippen LogP contribution in [0.15, 0.2) is 51.7 Å². The maximum Gasteiger partial charge on any atom is 0.347 e. The van der Waals surface area contributed by atoms with Crippen molar-refractivity contribution in [2.24, 2.45) is 0 Å². The lowest BCUT2D eigenvalue weighted by molar-refractivity contribution is 0.104. The lowest BCUT2D eigenvalue weighted by atomic mass is 10.1. The van der Waals surface area contributed by atoms with Gasteiger partial charge in [-0.15, -0.1) is 0 Å². The van der Waals surface area contributed by atoms with Crippen LogP contribution in [0.2, 0.25) is 0 Å². The number of carbonyl (C=O) groups excluding carboxylic acids is 1. The molecule has 7 heteroatoms. The second-order valence-electron chi connectivity index (χ2n) is 6.18. The highest BCUT2D eigenvalue weighted by Gasteiger charge is 2.16. The molecule has 0 saturated carbocycles. The average Bonchev–Trinajstić information content (AvgIpc) is 2.76. The van der Waals surface area contributed by atoms with Crippen LogP contribution >= 0.6 is 0 Å². The molecule has 0 bridgehead atoms. The number of para-hydroxylation sites is 1. The summed E-state index contributed by atoms with van der Waals surface area (Å²) >= 11 is 0. The first kappa shape index (κ1) is 21.0. The Morgan fingerprint density at radius 3 is 2.43 bits per heavy atom. The molecule has 30 heavy (non-hydrogen) atoms. The maximum atomic E-state index is 12.7. The number of allylic oxidation sites excluding steroid dienone is 1. The van der Waals surface area contributed by atoms with Gasteiger partial charge in [0.2, 0.25) is 5.75 Å². The highest BCUT2D eigenvalue weighted by Crippen LogP contribution is 2.40. The van der Waals surface area contributed by atoms with Crippen LogP contribution in [-0.2, 0) is 0 Å². The topological polar surface area (TPSA) is 84.2 Å². The molecule has 0 spiro atoms. The highest BCUT2D eigenvalue weighted by atomic mass is 16.5.